The number of hydrogen-bond acceptors (Lipinski definition) is 2. The fourth-order valence-electron chi connectivity index (χ4n) is 4.03. The quantitative estimate of drug-likeness (QED) is 0.838. The third-order valence-corrected chi connectivity index (χ3v) is 5.84. The van der Waals surface area contributed by atoms with Gasteiger partial charge in [0.15, 0.2) is 0 Å². The molecule has 132 valence electrons. The van der Waals surface area contributed by atoms with Crippen LogP contribution in [0.25, 0.3) is 0 Å². The molecule has 1 saturated heterocycles. The van der Waals surface area contributed by atoms with Crippen molar-refractivity contribution in [3.05, 3.63) is 53.6 Å². The topological polar surface area (TPSA) is 38.1 Å². The highest BCUT2D eigenvalue weighted by Crippen LogP contribution is 2.31. The minimum Gasteiger partial charge on any atom is -0.342 e. The van der Waals surface area contributed by atoms with Crippen LogP contribution in [0, 0.1) is 18.8 Å². The second-order valence-corrected chi connectivity index (χ2v) is 7.66. The molecule has 1 aromatic carbocycles. The molecule has 0 spiro atoms. The number of likely N-dealkylation sites (tertiary alicyclic amines) is 1. The molecule has 1 saturated carbocycles. The third kappa shape index (κ3) is 3.48. The van der Waals surface area contributed by atoms with E-state index >= 15 is 0 Å². The Morgan fingerprint density at radius 1 is 1.20 bits per heavy atom. The van der Waals surface area contributed by atoms with Crippen LogP contribution in [0.4, 0.5) is 0 Å². The summed E-state index contributed by atoms with van der Waals surface area (Å²) >= 11 is 0. The van der Waals surface area contributed by atoms with E-state index in [9.17, 15) is 4.79 Å². The molecule has 1 amide bonds. The van der Waals surface area contributed by atoms with Crippen molar-refractivity contribution in [3.8, 4) is 0 Å². The summed E-state index contributed by atoms with van der Waals surface area (Å²) in [5.74, 6) is 2.42. The number of nitrogens with zero attached hydrogens (tertiary/aromatic N) is 3. The number of aromatic nitrogens is 2. The molecular weight excluding hydrogens is 310 g/mol. The zero-order valence-electron chi connectivity index (χ0n) is 15.0. The van der Waals surface area contributed by atoms with E-state index in [4.69, 9.17) is 0 Å². The SMILES string of the molecule is Cc1cnc(CC2CCN(C(=O)C3CCC3)C2)n1Cc1ccccc1. The monoisotopic (exact) mass is 337 g/mol. The van der Waals surface area contributed by atoms with Crippen molar-refractivity contribution < 1.29 is 4.79 Å². The Bertz CT molecular complexity index is 733. The molecule has 1 aliphatic heterocycles. The van der Waals surface area contributed by atoms with Crippen molar-refractivity contribution in [2.75, 3.05) is 13.1 Å². The first-order valence-electron chi connectivity index (χ1n) is 9.54. The van der Waals surface area contributed by atoms with Crippen LogP contribution in [0.15, 0.2) is 36.5 Å². The molecule has 2 fully saturated rings. The summed E-state index contributed by atoms with van der Waals surface area (Å²) in [5.41, 5.74) is 2.51. The fourth-order valence-corrected chi connectivity index (χ4v) is 4.03. The molecule has 4 heteroatoms. The highest BCUT2D eigenvalue weighted by molar-refractivity contribution is 5.79. The molecule has 1 aromatic heterocycles. The van der Waals surface area contributed by atoms with E-state index in [2.05, 4.69) is 51.7 Å². The van der Waals surface area contributed by atoms with Crippen LogP contribution < -0.4 is 0 Å². The van der Waals surface area contributed by atoms with Gasteiger partial charge in [0.2, 0.25) is 5.91 Å². The maximum atomic E-state index is 12.4. The summed E-state index contributed by atoms with van der Waals surface area (Å²) in [4.78, 5) is 19.2. The van der Waals surface area contributed by atoms with E-state index in [-0.39, 0.29) is 0 Å². The Labute approximate surface area is 149 Å². The number of benzene rings is 1. The Morgan fingerprint density at radius 3 is 2.72 bits per heavy atom. The lowest BCUT2D eigenvalue weighted by Crippen LogP contribution is -2.37. The molecule has 4 nitrogen and oxygen atoms in total. The number of amides is 1. The Kier molecular flexibility index (Phi) is 4.60. The van der Waals surface area contributed by atoms with Crippen molar-refractivity contribution in [2.24, 2.45) is 11.8 Å². The summed E-state index contributed by atoms with van der Waals surface area (Å²) in [6.07, 6.45) is 7.47. The molecule has 2 aromatic rings. The van der Waals surface area contributed by atoms with Gasteiger partial charge in [-0.15, -0.1) is 0 Å². The van der Waals surface area contributed by atoms with Gasteiger partial charge in [-0.3, -0.25) is 4.79 Å². The zero-order chi connectivity index (χ0) is 17.2. The third-order valence-electron chi connectivity index (χ3n) is 5.84. The number of rotatable bonds is 5. The zero-order valence-corrected chi connectivity index (χ0v) is 15.0. The molecule has 1 unspecified atom stereocenters. The summed E-state index contributed by atoms with van der Waals surface area (Å²) in [5, 5.41) is 0. The van der Waals surface area contributed by atoms with Gasteiger partial charge in [0.25, 0.3) is 0 Å². The largest absolute Gasteiger partial charge is 0.342 e. The van der Waals surface area contributed by atoms with Crippen molar-refractivity contribution in [1.82, 2.24) is 14.5 Å². The van der Waals surface area contributed by atoms with Crippen LogP contribution in [0.3, 0.4) is 0 Å². The van der Waals surface area contributed by atoms with Gasteiger partial charge in [-0.05, 0) is 37.7 Å². The maximum absolute atomic E-state index is 12.4. The lowest BCUT2D eigenvalue weighted by Gasteiger charge is -2.29. The van der Waals surface area contributed by atoms with E-state index in [0.29, 0.717) is 17.7 Å². The second kappa shape index (κ2) is 7.03. The van der Waals surface area contributed by atoms with Crippen LogP contribution in [-0.2, 0) is 17.8 Å². The van der Waals surface area contributed by atoms with E-state index in [1.807, 2.05) is 6.20 Å². The first kappa shape index (κ1) is 16.4. The van der Waals surface area contributed by atoms with Gasteiger partial charge in [0, 0.05) is 43.9 Å². The predicted octanol–water partition coefficient (Wildman–Crippen LogP) is 3.43. The average molecular weight is 337 g/mol. The molecule has 0 bridgehead atoms. The van der Waals surface area contributed by atoms with E-state index in [0.717, 1.165) is 51.1 Å². The van der Waals surface area contributed by atoms with Gasteiger partial charge in [-0.1, -0.05) is 36.8 Å². The van der Waals surface area contributed by atoms with E-state index in [1.54, 1.807) is 0 Å². The highest BCUT2D eigenvalue weighted by Gasteiger charge is 2.34. The van der Waals surface area contributed by atoms with Crippen molar-refractivity contribution >= 4 is 5.91 Å². The van der Waals surface area contributed by atoms with Crippen LogP contribution in [0.2, 0.25) is 0 Å². The van der Waals surface area contributed by atoms with Crippen molar-refractivity contribution in [3.63, 3.8) is 0 Å². The summed E-state index contributed by atoms with van der Waals surface area (Å²) in [6, 6.07) is 10.6. The van der Waals surface area contributed by atoms with Gasteiger partial charge in [-0.2, -0.15) is 0 Å². The van der Waals surface area contributed by atoms with E-state index < -0.39 is 0 Å². The van der Waals surface area contributed by atoms with Gasteiger partial charge in [-0.25, -0.2) is 4.98 Å². The Balaban J connectivity index is 1.41. The minimum atomic E-state index is 0.320. The Morgan fingerprint density at radius 2 is 2.00 bits per heavy atom. The molecule has 4 rings (SSSR count). The van der Waals surface area contributed by atoms with Crippen molar-refractivity contribution in [2.45, 2.75) is 45.6 Å². The molecule has 2 aliphatic rings. The first-order chi connectivity index (χ1) is 12.2. The van der Waals surface area contributed by atoms with Crippen LogP contribution >= 0.6 is 0 Å². The maximum Gasteiger partial charge on any atom is 0.225 e. The smallest absolute Gasteiger partial charge is 0.225 e. The standard InChI is InChI=1S/C21H27N3O/c1-16-13-22-20(24(16)15-17-6-3-2-4-7-17)12-18-10-11-23(14-18)21(25)19-8-5-9-19/h2-4,6-7,13,18-19H,5,8-12,14-15H2,1H3. The number of imidazole rings is 1. The van der Waals surface area contributed by atoms with E-state index in [1.165, 1.54) is 17.7 Å². The van der Waals surface area contributed by atoms with Gasteiger partial charge < -0.3 is 9.47 Å². The number of aryl methyl sites for hydroxylation is 1. The molecule has 25 heavy (non-hydrogen) atoms. The number of hydrogen-bond donors (Lipinski definition) is 0. The lowest BCUT2D eigenvalue weighted by atomic mass is 9.84. The predicted molar refractivity (Wildman–Crippen MR) is 98.2 cm³/mol. The number of carbonyl (C=O) groups is 1. The summed E-state index contributed by atoms with van der Waals surface area (Å²) in [7, 11) is 0. The van der Waals surface area contributed by atoms with Crippen molar-refractivity contribution in [1.29, 1.82) is 0 Å². The number of carbonyl (C=O) groups excluding carboxylic acids is 1. The normalized spacial score (nSPS) is 20.7. The fraction of sp³-hybridized carbons (Fsp3) is 0.524. The molecule has 0 radical (unpaired) electrons. The molecule has 1 atom stereocenters. The molecule has 2 heterocycles. The van der Waals surface area contributed by atoms with Crippen LogP contribution in [0.1, 0.15) is 42.8 Å². The van der Waals surface area contributed by atoms with Crippen LogP contribution in [0.5, 0.6) is 0 Å². The first-order valence-corrected chi connectivity index (χ1v) is 9.54. The van der Waals surface area contributed by atoms with Gasteiger partial charge in [0.1, 0.15) is 5.82 Å². The average Bonchev–Trinajstić information content (AvgIpc) is 3.16. The molecule has 0 N–H and O–H groups in total. The highest BCUT2D eigenvalue weighted by atomic mass is 16.2. The summed E-state index contributed by atoms with van der Waals surface area (Å²) < 4.78 is 2.33. The minimum absolute atomic E-state index is 0.320. The van der Waals surface area contributed by atoms with Gasteiger partial charge in [0.05, 0.1) is 0 Å². The second-order valence-electron chi connectivity index (χ2n) is 7.66. The summed E-state index contributed by atoms with van der Waals surface area (Å²) in [6.45, 7) is 4.84. The molecule has 1 aliphatic carbocycles. The van der Waals surface area contributed by atoms with Gasteiger partial charge >= 0.3 is 0 Å². The Hall–Kier alpha value is -2.10. The lowest BCUT2D eigenvalue weighted by molar-refractivity contribution is -0.137. The van der Waals surface area contributed by atoms with Crippen LogP contribution in [-0.4, -0.2) is 33.4 Å². The molecular formula is C21H27N3O.